The molecule has 2 heterocycles. The molecule has 0 radical (unpaired) electrons. The summed E-state index contributed by atoms with van der Waals surface area (Å²) in [4.78, 5) is 34.8. The van der Waals surface area contributed by atoms with Crippen LogP contribution in [0.2, 0.25) is 0 Å². The van der Waals surface area contributed by atoms with Gasteiger partial charge in [-0.1, -0.05) is 24.3 Å². The maximum atomic E-state index is 13.0. The fourth-order valence-electron chi connectivity index (χ4n) is 4.22. The van der Waals surface area contributed by atoms with Gasteiger partial charge in [0.15, 0.2) is 0 Å². The van der Waals surface area contributed by atoms with Gasteiger partial charge in [0.1, 0.15) is 11.4 Å². The third-order valence-corrected chi connectivity index (χ3v) is 6.32. The molecule has 0 spiro atoms. The Morgan fingerprint density at radius 1 is 1.08 bits per heavy atom. The third-order valence-electron chi connectivity index (χ3n) is 6.32. The first-order chi connectivity index (χ1) is 17.4. The van der Waals surface area contributed by atoms with Gasteiger partial charge in [0.25, 0.3) is 5.91 Å². The molecule has 0 aliphatic heterocycles. The van der Waals surface area contributed by atoms with Crippen molar-refractivity contribution in [3.8, 4) is 28.0 Å². The van der Waals surface area contributed by atoms with Crippen LogP contribution in [0.15, 0.2) is 60.9 Å². The molecule has 0 unspecified atom stereocenters. The van der Waals surface area contributed by atoms with E-state index in [9.17, 15) is 9.59 Å². The Labute approximate surface area is 209 Å². The monoisotopic (exact) mass is 483 g/mol. The summed E-state index contributed by atoms with van der Waals surface area (Å²) in [6.07, 6.45) is 5.91. The number of hydrogen-bond acceptors (Lipinski definition) is 5. The minimum atomic E-state index is -0.187. The number of amides is 2. The molecule has 3 N–H and O–H groups in total. The highest BCUT2D eigenvalue weighted by Gasteiger charge is 2.22. The third kappa shape index (κ3) is 4.81. The van der Waals surface area contributed by atoms with Crippen LogP contribution in [0.4, 0.5) is 5.69 Å². The number of nitrogens with one attached hydrogen (secondary N) is 3. The molecule has 1 fully saturated rings. The van der Waals surface area contributed by atoms with Gasteiger partial charge < -0.3 is 25.3 Å². The average Bonchev–Trinajstić information content (AvgIpc) is 3.64. The zero-order valence-corrected chi connectivity index (χ0v) is 20.6. The van der Waals surface area contributed by atoms with E-state index in [1.807, 2.05) is 42.6 Å². The fraction of sp³-hybridized carbons (Fsp3) is 0.250. The Hall–Kier alpha value is -4.17. The standard InChI is InChI=1S/C28H29N5O3/c1-33(2)28(35)22-12-17(8-11-24(22)32-26(34)16-29-19-9-10-19)18-13-21-23(15-31-27(21)30-14-18)20-6-4-5-7-25(20)36-3/h4-8,11-15,19,29H,9-10,16H2,1-3H3,(H,30,31)(H,32,34). The quantitative estimate of drug-likeness (QED) is 0.347. The Balaban J connectivity index is 1.51. The van der Waals surface area contributed by atoms with Crippen molar-refractivity contribution < 1.29 is 14.3 Å². The van der Waals surface area contributed by atoms with E-state index in [0.717, 1.165) is 51.9 Å². The van der Waals surface area contributed by atoms with Gasteiger partial charge in [0.2, 0.25) is 5.91 Å². The molecule has 5 rings (SSSR count). The fourth-order valence-corrected chi connectivity index (χ4v) is 4.22. The van der Waals surface area contributed by atoms with E-state index in [-0.39, 0.29) is 18.4 Å². The van der Waals surface area contributed by atoms with Crippen LogP contribution in [-0.4, -0.2) is 60.5 Å². The number of ether oxygens (including phenoxy) is 1. The second-order valence-corrected chi connectivity index (χ2v) is 9.19. The van der Waals surface area contributed by atoms with E-state index in [1.165, 1.54) is 4.90 Å². The molecule has 1 aliphatic carbocycles. The van der Waals surface area contributed by atoms with Gasteiger partial charge in [0.05, 0.1) is 24.9 Å². The van der Waals surface area contributed by atoms with E-state index in [4.69, 9.17) is 4.74 Å². The highest BCUT2D eigenvalue weighted by atomic mass is 16.5. The maximum Gasteiger partial charge on any atom is 0.255 e. The van der Waals surface area contributed by atoms with E-state index in [2.05, 4.69) is 26.7 Å². The minimum Gasteiger partial charge on any atom is -0.496 e. The summed E-state index contributed by atoms with van der Waals surface area (Å²) < 4.78 is 5.56. The number of aromatic amines is 1. The molecule has 0 bridgehead atoms. The molecule has 4 aromatic rings. The first-order valence-corrected chi connectivity index (χ1v) is 11.9. The van der Waals surface area contributed by atoms with Crippen molar-refractivity contribution in [3.05, 3.63) is 66.5 Å². The number of H-pyrrole nitrogens is 1. The van der Waals surface area contributed by atoms with Gasteiger partial charge in [-0.05, 0) is 42.7 Å². The summed E-state index contributed by atoms with van der Waals surface area (Å²) in [6, 6.07) is 15.8. The lowest BCUT2D eigenvalue weighted by Gasteiger charge is -2.16. The molecule has 36 heavy (non-hydrogen) atoms. The molecule has 0 atom stereocenters. The van der Waals surface area contributed by atoms with Gasteiger partial charge in [-0.2, -0.15) is 0 Å². The van der Waals surface area contributed by atoms with Gasteiger partial charge in [-0.15, -0.1) is 0 Å². The number of methoxy groups -OCH3 is 1. The largest absolute Gasteiger partial charge is 0.496 e. The predicted molar refractivity (Wildman–Crippen MR) is 141 cm³/mol. The number of benzene rings is 2. The summed E-state index contributed by atoms with van der Waals surface area (Å²) in [6.45, 7) is 0.224. The molecule has 2 aromatic heterocycles. The lowest BCUT2D eigenvalue weighted by molar-refractivity contribution is -0.115. The Morgan fingerprint density at radius 2 is 1.89 bits per heavy atom. The highest BCUT2D eigenvalue weighted by molar-refractivity contribution is 6.05. The number of aromatic nitrogens is 2. The van der Waals surface area contributed by atoms with Crippen molar-refractivity contribution in [1.82, 2.24) is 20.2 Å². The van der Waals surface area contributed by atoms with Crippen LogP contribution >= 0.6 is 0 Å². The van der Waals surface area contributed by atoms with Crippen molar-refractivity contribution in [2.75, 3.05) is 33.1 Å². The number of hydrogen-bond donors (Lipinski definition) is 3. The van der Waals surface area contributed by atoms with Crippen molar-refractivity contribution in [2.45, 2.75) is 18.9 Å². The van der Waals surface area contributed by atoms with Gasteiger partial charge >= 0.3 is 0 Å². The van der Waals surface area contributed by atoms with Crippen molar-refractivity contribution in [1.29, 1.82) is 0 Å². The highest BCUT2D eigenvalue weighted by Crippen LogP contribution is 2.36. The lowest BCUT2D eigenvalue weighted by Crippen LogP contribution is -2.30. The predicted octanol–water partition coefficient (Wildman–Crippen LogP) is 4.30. The second kappa shape index (κ2) is 9.83. The van der Waals surface area contributed by atoms with Crippen molar-refractivity contribution in [3.63, 3.8) is 0 Å². The van der Waals surface area contributed by atoms with Crippen LogP contribution in [0.5, 0.6) is 5.75 Å². The number of nitrogens with zero attached hydrogens (tertiary/aromatic N) is 2. The first kappa shape index (κ1) is 23.6. The molecule has 1 saturated carbocycles. The molecule has 2 aromatic carbocycles. The number of fused-ring (bicyclic) bond motifs is 1. The van der Waals surface area contributed by atoms with Crippen LogP contribution in [0.25, 0.3) is 33.3 Å². The van der Waals surface area contributed by atoms with E-state index in [0.29, 0.717) is 17.3 Å². The molecule has 184 valence electrons. The number of pyridine rings is 1. The van der Waals surface area contributed by atoms with Crippen LogP contribution in [0.3, 0.4) is 0 Å². The summed E-state index contributed by atoms with van der Waals surface area (Å²) in [5, 5.41) is 7.04. The number of rotatable bonds is 8. The van der Waals surface area contributed by atoms with Crippen LogP contribution in [-0.2, 0) is 4.79 Å². The number of carbonyl (C=O) groups is 2. The number of carbonyl (C=O) groups excluding carboxylic acids is 2. The molecule has 2 amide bonds. The molecular weight excluding hydrogens is 454 g/mol. The Kier molecular flexibility index (Phi) is 6.43. The zero-order valence-electron chi connectivity index (χ0n) is 20.6. The summed E-state index contributed by atoms with van der Waals surface area (Å²) in [5.74, 6) is 0.422. The van der Waals surface area contributed by atoms with E-state index >= 15 is 0 Å². The smallest absolute Gasteiger partial charge is 0.255 e. The average molecular weight is 484 g/mol. The Bertz CT molecular complexity index is 1440. The summed E-state index contributed by atoms with van der Waals surface area (Å²) >= 11 is 0. The van der Waals surface area contributed by atoms with Crippen LogP contribution in [0, 0.1) is 0 Å². The number of anilines is 1. The van der Waals surface area contributed by atoms with Crippen LogP contribution in [0.1, 0.15) is 23.2 Å². The summed E-state index contributed by atoms with van der Waals surface area (Å²) in [7, 11) is 5.05. The molecule has 1 aliphatic rings. The zero-order chi connectivity index (χ0) is 25.2. The van der Waals surface area contributed by atoms with Crippen molar-refractivity contribution >= 4 is 28.5 Å². The second-order valence-electron chi connectivity index (χ2n) is 9.19. The molecular formula is C28H29N5O3. The van der Waals surface area contributed by atoms with Crippen LogP contribution < -0.4 is 15.4 Å². The van der Waals surface area contributed by atoms with Gasteiger partial charge in [-0.25, -0.2) is 4.98 Å². The SMILES string of the molecule is COc1ccccc1-c1c[nH]c2ncc(-c3ccc(NC(=O)CNC4CC4)c(C(=O)N(C)C)c3)cc12. The lowest BCUT2D eigenvalue weighted by atomic mass is 9.99. The molecule has 8 heteroatoms. The van der Waals surface area contributed by atoms with Gasteiger partial charge in [0, 0.05) is 54.6 Å². The Morgan fingerprint density at radius 3 is 2.64 bits per heavy atom. The normalized spacial score (nSPS) is 13.0. The number of para-hydroxylation sites is 1. The maximum absolute atomic E-state index is 13.0. The topological polar surface area (TPSA) is 99.3 Å². The van der Waals surface area contributed by atoms with E-state index < -0.39 is 0 Å². The summed E-state index contributed by atoms with van der Waals surface area (Å²) in [5.41, 5.74) is 5.31. The van der Waals surface area contributed by atoms with Crippen molar-refractivity contribution in [2.24, 2.45) is 0 Å². The molecule has 0 saturated heterocycles. The van der Waals surface area contributed by atoms with E-state index in [1.54, 1.807) is 33.5 Å². The minimum absolute atomic E-state index is 0.167. The van der Waals surface area contributed by atoms with Gasteiger partial charge in [-0.3, -0.25) is 9.59 Å². The molecule has 8 nitrogen and oxygen atoms in total. The first-order valence-electron chi connectivity index (χ1n) is 11.9.